The second kappa shape index (κ2) is 22.9. The lowest BCUT2D eigenvalue weighted by Gasteiger charge is -2.13. The average molecular weight is 1100 g/mol. The van der Waals surface area contributed by atoms with E-state index in [0.717, 1.165) is 91.8 Å². The van der Waals surface area contributed by atoms with Crippen molar-refractivity contribution in [2.45, 2.75) is 13.8 Å². The minimum atomic E-state index is -3.36. The van der Waals surface area contributed by atoms with Crippen LogP contribution in [0.2, 0.25) is 0 Å². The zero-order valence-electron chi connectivity index (χ0n) is 42.2. The van der Waals surface area contributed by atoms with Gasteiger partial charge in [0, 0.05) is 51.9 Å². The number of aryl methyl sites for hydroxylation is 2. The molecule has 18 nitrogen and oxygen atoms in total. The molecule has 21 heteroatoms. The number of hydrogen-bond acceptors (Lipinski definition) is 14. The van der Waals surface area contributed by atoms with Crippen molar-refractivity contribution in [3.63, 3.8) is 0 Å². The maximum atomic E-state index is 11.7. The summed E-state index contributed by atoms with van der Waals surface area (Å²) in [6.07, 6.45) is 3.34. The van der Waals surface area contributed by atoms with Crippen LogP contribution in [-0.4, -0.2) is 68.7 Å². The number of fused-ring (bicyclic) bond motifs is 2. The third kappa shape index (κ3) is 15.1. The highest BCUT2D eigenvalue weighted by Gasteiger charge is 2.18. The fraction of sp³-hybridized carbons (Fsp3) is 0.125. The zero-order chi connectivity index (χ0) is 55.1. The molecule has 0 unspecified atom stereocenters. The van der Waals surface area contributed by atoms with Crippen molar-refractivity contribution >= 4 is 81.5 Å². The van der Waals surface area contributed by atoms with Crippen molar-refractivity contribution in [2.24, 2.45) is 0 Å². The molecule has 8 N–H and O–H groups in total. The normalized spacial score (nSPS) is 12.2. The summed E-state index contributed by atoms with van der Waals surface area (Å²) >= 11 is 0. The van der Waals surface area contributed by atoms with Gasteiger partial charge in [0.15, 0.2) is 23.0 Å². The molecule has 0 saturated heterocycles. The van der Waals surface area contributed by atoms with Crippen LogP contribution in [0, 0.1) is 13.8 Å². The number of benzene rings is 8. The molecule has 0 radical (unpaired) electrons. The number of sulfonamides is 3. The summed E-state index contributed by atoms with van der Waals surface area (Å²) in [5, 5.41) is 16.1. The summed E-state index contributed by atoms with van der Waals surface area (Å²) in [5.41, 5.74) is 19.0. The summed E-state index contributed by atoms with van der Waals surface area (Å²) in [7, 11) is -9.88. The molecular weight excluding hydrogens is 1040 g/mol. The number of carbonyl (C=O) groups is 1. The van der Waals surface area contributed by atoms with Crippen LogP contribution in [0.1, 0.15) is 21.5 Å². The van der Waals surface area contributed by atoms with Crippen LogP contribution >= 0.6 is 0 Å². The second-order valence-corrected chi connectivity index (χ2v) is 23.2. The van der Waals surface area contributed by atoms with E-state index in [1.807, 2.05) is 86.6 Å². The van der Waals surface area contributed by atoms with E-state index in [0.29, 0.717) is 39.9 Å². The highest BCUT2D eigenvalue weighted by Crippen LogP contribution is 2.38. The Morgan fingerprint density at radius 1 is 0.416 bits per heavy atom. The van der Waals surface area contributed by atoms with Crippen molar-refractivity contribution in [1.82, 2.24) is 0 Å². The number of ether oxygens (including phenoxy) is 4. The van der Waals surface area contributed by atoms with Crippen LogP contribution in [0.15, 0.2) is 164 Å². The Morgan fingerprint density at radius 2 is 0.753 bits per heavy atom. The molecule has 0 amide bonds. The van der Waals surface area contributed by atoms with Crippen molar-refractivity contribution in [3.8, 4) is 56.4 Å². The maximum Gasteiger partial charge on any atom is 0.337 e. The van der Waals surface area contributed by atoms with Gasteiger partial charge in [0.2, 0.25) is 43.7 Å². The van der Waals surface area contributed by atoms with Crippen LogP contribution < -0.4 is 49.5 Å². The van der Waals surface area contributed by atoms with Gasteiger partial charge in [0.05, 0.1) is 30.0 Å². The van der Waals surface area contributed by atoms with Gasteiger partial charge >= 0.3 is 5.97 Å². The van der Waals surface area contributed by atoms with E-state index in [4.69, 9.17) is 24.7 Å². The van der Waals surface area contributed by atoms with E-state index in [9.17, 15) is 35.2 Å². The Balaban J connectivity index is 0.000000157. The van der Waals surface area contributed by atoms with E-state index < -0.39 is 36.0 Å². The van der Waals surface area contributed by atoms with Crippen LogP contribution in [-0.2, 0) is 30.1 Å². The first-order valence-electron chi connectivity index (χ1n) is 23.4. The van der Waals surface area contributed by atoms with Gasteiger partial charge in [-0.3, -0.25) is 14.2 Å². The standard InChI is InChI=1S/C21H18N2O6S.C21H20N2O4S.C14H16N2O2S/c1-30(26,27)23-15-5-2-13(3-6-15)14-4-8-17(21(24)25)18(10-14)22-16-7-9-19-20(11-16)29-12-28-19;1-14-3-4-16(15-5-7-17(8-6-15)23-28(2,24)25)11-19(14)22-18-9-10-20-21(12-18)27-13-26-20;1-10-3-4-12(9-14(10)15)11-5-7-13(8-6-11)16-19(2,17)18/h2-11,22-23H,12H2,1H3,(H,24,25);3-12,22-23H,13H2,1-2H3;3-9,16H,15H2,1-2H3. The number of nitrogens with one attached hydrogen (secondary N) is 5. The smallest absolute Gasteiger partial charge is 0.337 e. The first-order chi connectivity index (χ1) is 36.5. The number of carboxylic acids is 1. The number of nitrogens with two attached hydrogens (primary N) is 1. The van der Waals surface area contributed by atoms with E-state index in [1.165, 1.54) is 6.07 Å². The molecule has 0 atom stereocenters. The van der Waals surface area contributed by atoms with Crippen LogP contribution in [0.3, 0.4) is 0 Å². The molecule has 398 valence electrons. The van der Waals surface area contributed by atoms with Crippen LogP contribution in [0.4, 0.5) is 45.5 Å². The molecule has 8 aromatic carbocycles. The predicted molar refractivity (Wildman–Crippen MR) is 304 cm³/mol. The molecule has 8 aromatic rings. The average Bonchev–Trinajstić information content (AvgIpc) is 4.06. The van der Waals surface area contributed by atoms with Gasteiger partial charge in [-0.05, 0) is 143 Å². The van der Waals surface area contributed by atoms with Gasteiger partial charge < -0.3 is 40.4 Å². The number of aromatic carboxylic acids is 1. The molecule has 2 heterocycles. The lowest BCUT2D eigenvalue weighted by Crippen LogP contribution is -2.09. The largest absolute Gasteiger partial charge is 0.478 e. The Labute approximate surface area is 447 Å². The quantitative estimate of drug-likeness (QED) is 0.0499. The molecule has 0 bridgehead atoms. The highest BCUT2D eigenvalue weighted by molar-refractivity contribution is 7.92. The number of hydrogen-bond donors (Lipinski definition) is 7. The predicted octanol–water partition coefficient (Wildman–Crippen LogP) is 11.0. The van der Waals surface area contributed by atoms with Crippen LogP contribution in [0.25, 0.3) is 33.4 Å². The molecule has 0 spiro atoms. The molecule has 10 rings (SSSR count). The Bertz CT molecular complexity index is 3820. The summed E-state index contributed by atoms with van der Waals surface area (Å²) in [4.78, 5) is 11.7. The summed E-state index contributed by atoms with van der Waals surface area (Å²) in [6.45, 7) is 4.40. The van der Waals surface area contributed by atoms with Crippen molar-refractivity contribution in [1.29, 1.82) is 0 Å². The summed E-state index contributed by atoms with van der Waals surface area (Å²) < 4.78 is 96.4. The number of carboxylic acid groups (broad SMARTS) is 1. The lowest BCUT2D eigenvalue weighted by molar-refractivity contribution is 0.0698. The van der Waals surface area contributed by atoms with Gasteiger partial charge in [0.1, 0.15) is 0 Å². The number of rotatable bonds is 14. The molecule has 2 aliphatic rings. The third-order valence-electron chi connectivity index (χ3n) is 11.6. The van der Waals surface area contributed by atoms with E-state index in [2.05, 4.69) is 30.9 Å². The Hall–Kier alpha value is -8.92. The van der Waals surface area contributed by atoms with Gasteiger partial charge in [-0.2, -0.15) is 0 Å². The molecule has 77 heavy (non-hydrogen) atoms. The maximum absolute atomic E-state index is 11.7. The van der Waals surface area contributed by atoms with Crippen LogP contribution in [0.5, 0.6) is 23.0 Å². The molecule has 0 saturated carbocycles. The summed E-state index contributed by atoms with van der Waals surface area (Å²) in [6, 6.07) is 49.3. The van der Waals surface area contributed by atoms with Gasteiger partial charge in [-0.25, -0.2) is 30.0 Å². The van der Waals surface area contributed by atoms with E-state index >= 15 is 0 Å². The number of nitrogen functional groups attached to an aromatic ring is 1. The molecular formula is C56H54N6O12S3. The topological polar surface area (TPSA) is 263 Å². The van der Waals surface area contributed by atoms with E-state index in [1.54, 1.807) is 78.9 Å². The fourth-order valence-corrected chi connectivity index (χ4v) is 9.56. The second-order valence-electron chi connectivity index (χ2n) is 17.9. The highest BCUT2D eigenvalue weighted by atomic mass is 32.2. The summed E-state index contributed by atoms with van der Waals surface area (Å²) in [5.74, 6) is 1.64. The molecule has 0 fully saturated rings. The zero-order valence-corrected chi connectivity index (χ0v) is 44.7. The van der Waals surface area contributed by atoms with E-state index in [-0.39, 0.29) is 19.1 Å². The first-order valence-corrected chi connectivity index (χ1v) is 29.1. The van der Waals surface area contributed by atoms with Crippen molar-refractivity contribution < 1.29 is 54.1 Å². The van der Waals surface area contributed by atoms with Gasteiger partial charge in [-0.1, -0.05) is 66.7 Å². The lowest BCUT2D eigenvalue weighted by atomic mass is 10.0. The third-order valence-corrected chi connectivity index (χ3v) is 13.5. The monoisotopic (exact) mass is 1100 g/mol. The Morgan fingerprint density at radius 3 is 1.16 bits per heavy atom. The van der Waals surface area contributed by atoms with Gasteiger partial charge in [0.25, 0.3) is 0 Å². The molecule has 0 aromatic heterocycles. The minimum Gasteiger partial charge on any atom is -0.478 e. The SMILES string of the molecule is CS(=O)(=O)Nc1ccc(-c2ccc(C(=O)O)c(Nc3ccc4c(c3)OCO4)c2)cc1.Cc1ccc(-c2ccc(NS(C)(=O)=O)cc2)cc1N.Cc1ccc(-c2ccc(NS(C)(=O)=O)cc2)cc1Nc1ccc2c(c1)OCO2. The van der Waals surface area contributed by atoms with Crippen molar-refractivity contribution in [3.05, 3.63) is 180 Å². The minimum absolute atomic E-state index is 0.117. The fourth-order valence-electron chi connectivity index (χ4n) is 7.86. The molecule has 2 aliphatic heterocycles. The van der Waals surface area contributed by atoms with Gasteiger partial charge in [-0.15, -0.1) is 0 Å². The first kappa shape index (κ1) is 54.3. The Kier molecular flexibility index (Phi) is 16.2. The molecule has 0 aliphatic carbocycles. The number of anilines is 8. The van der Waals surface area contributed by atoms with Crippen molar-refractivity contribution in [2.75, 3.05) is 62.9 Å².